The van der Waals surface area contributed by atoms with Crippen LogP contribution >= 0.6 is 23.2 Å². The average molecular weight is 274 g/mol. The van der Waals surface area contributed by atoms with Crippen LogP contribution < -0.4 is 0 Å². The number of alkyl halides is 2. The molecule has 17 heavy (non-hydrogen) atoms. The zero-order valence-electron chi connectivity index (χ0n) is 10.9. The first-order valence-electron chi connectivity index (χ1n) is 6.78. The van der Waals surface area contributed by atoms with Gasteiger partial charge in [-0.15, -0.1) is 23.2 Å². The molecule has 3 heteroatoms. The number of piperidine rings is 3. The monoisotopic (exact) mass is 273 g/mol. The highest BCUT2D eigenvalue weighted by molar-refractivity contribution is 6.36. The molecular formula is C14H21Cl2N. The fourth-order valence-corrected chi connectivity index (χ4v) is 7.92. The molecule has 96 valence electrons. The Kier molecular flexibility index (Phi) is 1.80. The molecule has 3 heterocycles. The Morgan fingerprint density at radius 2 is 1.35 bits per heavy atom. The standard InChI is InChI=1S/C14H21Cl2N/c1-11-4-12(2)6-13(3,5-11)14(9(15)10(14)16)17(7-11)8-12/h9-10H,4-8H2,1-3H3/t9?,10?,11-,12+,13?,14?. The van der Waals surface area contributed by atoms with Crippen LogP contribution in [0.4, 0.5) is 0 Å². The molecule has 1 spiro atoms. The highest BCUT2D eigenvalue weighted by atomic mass is 35.5. The highest BCUT2D eigenvalue weighted by Gasteiger charge is 2.81. The molecule has 5 fully saturated rings. The molecule has 3 saturated heterocycles. The van der Waals surface area contributed by atoms with Crippen molar-refractivity contribution in [3.63, 3.8) is 0 Å². The van der Waals surface area contributed by atoms with Crippen LogP contribution in [0.15, 0.2) is 0 Å². The molecule has 5 aliphatic rings. The van der Waals surface area contributed by atoms with E-state index in [4.69, 9.17) is 23.2 Å². The fraction of sp³-hybridized carbons (Fsp3) is 1.00. The Bertz CT molecular complexity index is 381. The predicted octanol–water partition coefficient (Wildman–Crippen LogP) is 3.49. The maximum absolute atomic E-state index is 6.54. The lowest BCUT2D eigenvalue weighted by Crippen LogP contribution is -2.72. The molecule has 0 aromatic carbocycles. The third kappa shape index (κ3) is 1.06. The Labute approximate surface area is 114 Å². The van der Waals surface area contributed by atoms with Gasteiger partial charge in [-0.2, -0.15) is 0 Å². The van der Waals surface area contributed by atoms with E-state index in [-0.39, 0.29) is 16.3 Å². The van der Waals surface area contributed by atoms with Gasteiger partial charge in [0.05, 0.1) is 16.3 Å². The second kappa shape index (κ2) is 2.69. The van der Waals surface area contributed by atoms with Gasteiger partial charge in [-0.3, -0.25) is 4.90 Å². The normalized spacial score (nSPS) is 72.2. The number of halogens is 2. The van der Waals surface area contributed by atoms with E-state index in [1.807, 2.05) is 0 Å². The predicted molar refractivity (Wildman–Crippen MR) is 71.8 cm³/mol. The summed E-state index contributed by atoms with van der Waals surface area (Å²) in [6.07, 6.45) is 4.03. The van der Waals surface area contributed by atoms with E-state index in [1.165, 1.54) is 32.4 Å². The molecule has 0 radical (unpaired) electrons. The Morgan fingerprint density at radius 1 is 0.882 bits per heavy atom. The van der Waals surface area contributed by atoms with Crippen molar-refractivity contribution in [2.45, 2.75) is 56.3 Å². The molecule has 0 aromatic rings. The molecule has 0 amide bonds. The van der Waals surface area contributed by atoms with Gasteiger partial charge in [-0.05, 0) is 35.5 Å². The zero-order chi connectivity index (χ0) is 12.3. The molecule has 2 saturated carbocycles. The Hall–Kier alpha value is 0.540. The first-order valence-corrected chi connectivity index (χ1v) is 7.65. The molecule has 0 N–H and O–H groups in total. The van der Waals surface area contributed by atoms with Gasteiger partial charge in [0.15, 0.2) is 0 Å². The number of rotatable bonds is 0. The highest BCUT2D eigenvalue weighted by Crippen LogP contribution is 2.75. The molecule has 3 aliphatic heterocycles. The summed E-state index contributed by atoms with van der Waals surface area (Å²) in [6, 6.07) is 0. The van der Waals surface area contributed by atoms with Crippen molar-refractivity contribution in [1.29, 1.82) is 0 Å². The van der Waals surface area contributed by atoms with E-state index in [9.17, 15) is 0 Å². The maximum atomic E-state index is 6.54. The molecule has 0 aromatic heterocycles. The number of hydrogen-bond donors (Lipinski definition) is 0. The zero-order valence-corrected chi connectivity index (χ0v) is 12.4. The maximum Gasteiger partial charge on any atom is 0.0722 e. The topological polar surface area (TPSA) is 3.24 Å². The van der Waals surface area contributed by atoms with E-state index in [0.29, 0.717) is 16.2 Å². The van der Waals surface area contributed by atoms with Crippen LogP contribution in [-0.2, 0) is 0 Å². The minimum atomic E-state index is 0.121. The van der Waals surface area contributed by atoms with Gasteiger partial charge >= 0.3 is 0 Å². The van der Waals surface area contributed by atoms with E-state index in [0.717, 1.165) is 0 Å². The van der Waals surface area contributed by atoms with Gasteiger partial charge < -0.3 is 0 Å². The molecule has 6 atom stereocenters. The minimum absolute atomic E-state index is 0.121. The quantitative estimate of drug-likeness (QED) is 0.611. The van der Waals surface area contributed by atoms with E-state index >= 15 is 0 Å². The third-order valence-corrected chi connectivity index (χ3v) is 7.41. The largest absolute Gasteiger partial charge is 0.293 e. The van der Waals surface area contributed by atoms with Gasteiger partial charge in [0.1, 0.15) is 0 Å². The van der Waals surface area contributed by atoms with E-state index in [1.54, 1.807) is 0 Å². The van der Waals surface area contributed by atoms with Crippen LogP contribution in [0, 0.1) is 16.2 Å². The summed E-state index contributed by atoms with van der Waals surface area (Å²) < 4.78 is 0. The number of nitrogens with zero attached hydrogens (tertiary/aromatic N) is 1. The van der Waals surface area contributed by atoms with Gasteiger partial charge in [0.2, 0.25) is 0 Å². The number of hydrogen-bond acceptors (Lipinski definition) is 1. The van der Waals surface area contributed by atoms with Gasteiger partial charge in [0.25, 0.3) is 0 Å². The van der Waals surface area contributed by atoms with Crippen LogP contribution in [0.2, 0.25) is 0 Å². The van der Waals surface area contributed by atoms with Crippen LogP contribution in [0.25, 0.3) is 0 Å². The lowest BCUT2D eigenvalue weighted by Gasteiger charge is -2.70. The van der Waals surface area contributed by atoms with E-state index < -0.39 is 0 Å². The van der Waals surface area contributed by atoms with Crippen molar-refractivity contribution in [1.82, 2.24) is 4.90 Å². The van der Waals surface area contributed by atoms with Crippen molar-refractivity contribution in [3.8, 4) is 0 Å². The molecule has 4 unspecified atom stereocenters. The Balaban J connectivity index is 1.86. The molecular weight excluding hydrogens is 253 g/mol. The summed E-state index contributed by atoms with van der Waals surface area (Å²) in [5, 5.41) is 0.336. The van der Waals surface area contributed by atoms with Crippen molar-refractivity contribution >= 4 is 23.2 Å². The van der Waals surface area contributed by atoms with Crippen LogP contribution in [0.5, 0.6) is 0 Å². The summed E-state index contributed by atoms with van der Waals surface area (Å²) in [7, 11) is 0. The third-order valence-electron chi connectivity index (χ3n) is 6.11. The summed E-state index contributed by atoms with van der Waals surface area (Å²) in [5.41, 5.74) is 1.46. The van der Waals surface area contributed by atoms with Crippen LogP contribution in [-0.4, -0.2) is 34.3 Å². The SMILES string of the molecule is CC12C[C@]3(C)CN(C[C@](C)(C1)C3)C21C(Cl)C1Cl. The van der Waals surface area contributed by atoms with Crippen molar-refractivity contribution in [3.05, 3.63) is 0 Å². The lowest BCUT2D eigenvalue weighted by molar-refractivity contribution is -0.201. The molecule has 2 aliphatic carbocycles. The Morgan fingerprint density at radius 3 is 1.71 bits per heavy atom. The van der Waals surface area contributed by atoms with Crippen LogP contribution in [0.1, 0.15) is 40.0 Å². The fourth-order valence-electron chi connectivity index (χ4n) is 6.54. The average Bonchev–Trinajstić information content (AvgIpc) is 2.63. The summed E-state index contributed by atoms with van der Waals surface area (Å²) in [5.74, 6) is 0. The summed E-state index contributed by atoms with van der Waals surface area (Å²) in [4.78, 5) is 2.67. The summed E-state index contributed by atoms with van der Waals surface area (Å²) in [6.45, 7) is 9.81. The van der Waals surface area contributed by atoms with Gasteiger partial charge in [-0.1, -0.05) is 20.8 Å². The van der Waals surface area contributed by atoms with Crippen molar-refractivity contribution < 1.29 is 0 Å². The van der Waals surface area contributed by atoms with Crippen molar-refractivity contribution in [2.24, 2.45) is 16.2 Å². The lowest BCUT2D eigenvalue weighted by atomic mass is 9.46. The molecule has 4 bridgehead atoms. The van der Waals surface area contributed by atoms with Gasteiger partial charge in [-0.25, -0.2) is 0 Å². The first-order chi connectivity index (χ1) is 7.75. The smallest absolute Gasteiger partial charge is 0.0722 e. The second-order valence-electron chi connectivity index (χ2n) is 8.20. The second-order valence-corrected chi connectivity index (χ2v) is 9.14. The molecule has 1 nitrogen and oxygen atoms in total. The first kappa shape index (κ1) is 11.4. The van der Waals surface area contributed by atoms with E-state index in [2.05, 4.69) is 25.7 Å². The minimum Gasteiger partial charge on any atom is -0.293 e. The van der Waals surface area contributed by atoms with Gasteiger partial charge in [0, 0.05) is 13.1 Å². The van der Waals surface area contributed by atoms with Crippen LogP contribution in [0.3, 0.4) is 0 Å². The molecule has 5 rings (SSSR count). The summed E-state index contributed by atoms with van der Waals surface area (Å²) >= 11 is 13.1. The van der Waals surface area contributed by atoms with Crippen molar-refractivity contribution in [2.75, 3.05) is 13.1 Å².